The monoisotopic (exact) mass is 286 g/mol. The van der Waals surface area contributed by atoms with Crippen LogP contribution in [0.15, 0.2) is 18.3 Å². The summed E-state index contributed by atoms with van der Waals surface area (Å²) in [5, 5.41) is 12.1. The quantitative estimate of drug-likeness (QED) is 0.870. The number of carboxylic acids is 1. The molecule has 2 rings (SSSR count). The first-order chi connectivity index (χ1) is 9.54. The van der Waals surface area contributed by atoms with Gasteiger partial charge in [-0.05, 0) is 37.8 Å². The molecule has 0 amide bonds. The Kier molecular flexibility index (Phi) is 4.70. The molecule has 0 radical (unpaired) electrons. The first-order valence-corrected chi connectivity index (χ1v) is 6.45. The second-order valence-corrected chi connectivity index (χ2v) is 4.79. The molecule has 1 aromatic rings. The Morgan fingerprint density at radius 2 is 2.05 bits per heavy atom. The van der Waals surface area contributed by atoms with Crippen molar-refractivity contribution >= 4 is 11.8 Å². The minimum Gasteiger partial charge on any atom is -0.481 e. The van der Waals surface area contributed by atoms with Gasteiger partial charge in [-0.25, -0.2) is 4.98 Å². The van der Waals surface area contributed by atoms with E-state index in [0.29, 0.717) is 18.7 Å². The van der Waals surface area contributed by atoms with Crippen LogP contribution in [0.25, 0.3) is 0 Å². The third-order valence-corrected chi connectivity index (χ3v) is 3.39. The highest BCUT2D eigenvalue weighted by molar-refractivity contribution is 5.70. The lowest BCUT2D eigenvalue weighted by Crippen LogP contribution is -2.29. The minimum atomic E-state index is -2.86. The van der Waals surface area contributed by atoms with Gasteiger partial charge >= 0.3 is 12.6 Å². The number of nitrogens with one attached hydrogen (secondary N) is 1. The fourth-order valence-electron chi connectivity index (χ4n) is 2.33. The van der Waals surface area contributed by atoms with Gasteiger partial charge < -0.3 is 15.2 Å². The number of halogens is 2. The molecule has 0 bridgehead atoms. The molecule has 1 fully saturated rings. The van der Waals surface area contributed by atoms with E-state index in [9.17, 15) is 13.6 Å². The molecule has 0 unspecified atom stereocenters. The highest BCUT2D eigenvalue weighted by atomic mass is 19.3. The van der Waals surface area contributed by atoms with Crippen molar-refractivity contribution in [1.29, 1.82) is 0 Å². The minimum absolute atomic E-state index is 0.0140. The zero-order valence-electron chi connectivity index (χ0n) is 10.8. The van der Waals surface area contributed by atoms with Crippen molar-refractivity contribution in [2.45, 2.75) is 38.3 Å². The summed E-state index contributed by atoms with van der Waals surface area (Å²) in [6.07, 6.45) is 4.03. The number of hydrogen-bond donors (Lipinski definition) is 2. The van der Waals surface area contributed by atoms with Gasteiger partial charge in [-0.3, -0.25) is 4.79 Å². The zero-order chi connectivity index (χ0) is 14.5. The number of carboxylic acid groups (broad SMARTS) is 1. The van der Waals surface area contributed by atoms with Crippen molar-refractivity contribution in [2.24, 2.45) is 5.92 Å². The number of hydrogen-bond acceptors (Lipinski definition) is 4. The van der Waals surface area contributed by atoms with E-state index in [4.69, 9.17) is 5.11 Å². The molecular formula is C13H16F2N2O3. The van der Waals surface area contributed by atoms with E-state index >= 15 is 0 Å². The third-order valence-electron chi connectivity index (χ3n) is 3.39. The molecule has 0 atom stereocenters. The summed E-state index contributed by atoms with van der Waals surface area (Å²) in [7, 11) is 0. The highest BCUT2D eigenvalue weighted by Crippen LogP contribution is 2.26. The third kappa shape index (κ3) is 4.04. The topological polar surface area (TPSA) is 71.5 Å². The van der Waals surface area contributed by atoms with E-state index in [-0.39, 0.29) is 17.7 Å². The fourth-order valence-corrected chi connectivity index (χ4v) is 2.33. The molecule has 1 heterocycles. The maximum absolute atomic E-state index is 12.0. The van der Waals surface area contributed by atoms with Crippen LogP contribution in [0.4, 0.5) is 14.6 Å². The predicted octanol–water partition coefficient (Wildman–Crippen LogP) is 2.74. The number of alkyl halides is 2. The van der Waals surface area contributed by atoms with E-state index in [0.717, 1.165) is 12.8 Å². The molecule has 1 aliphatic rings. The van der Waals surface area contributed by atoms with Gasteiger partial charge in [-0.1, -0.05) is 0 Å². The number of anilines is 1. The van der Waals surface area contributed by atoms with E-state index < -0.39 is 12.6 Å². The van der Waals surface area contributed by atoms with Crippen molar-refractivity contribution < 1.29 is 23.4 Å². The van der Waals surface area contributed by atoms with Crippen molar-refractivity contribution in [2.75, 3.05) is 5.32 Å². The van der Waals surface area contributed by atoms with Crippen molar-refractivity contribution in [3.05, 3.63) is 18.3 Å². The second kappa shape index (κ2) is 6.49. The van der Waals surface area contributed by atoms with E-state index in [1.165, 1.54) is 12.3 Å². The normalized spacial score (nSPS) is 22.6. The van der Waals surface area contributed by atoms with E-state index in [2.05, 4.69) is 15.0 Å². The maximum Gasteiger partial charge on any atom is 0.387 e. The van der Waals surface area contributed by atoms with Crippen LogP contribution in [0.1, 0.15) is 25.7 Å². The molecule has 0 spiro atoms. The lowest BCUT2D eigenvalue weighted by atomic mass is 9.86. The molecule has 20 heavy (non-hydrogen) atoms. The Morgan fingerprint density at radius 1 is 1.35 bits per heavy atom. The van der Waals surface area contributed by atoms with Crippen molar-refractivity contribution in [3.8, 4) is 5.75 Å². The number of rotatable bonds is 5. The maximum atomic E-state index is 12.0. The fraction of sp³-hybridized carbons (Fsp3) is 0.538. The summed E-state index contributed by atoms with van der Waals surface area (Å²) >= 11 is 0. The van der Waals surface area contributed by atoms with Gasteiger partial charge in [-0.2, -0.15) is 8.78 Å². The van der Waals surface area contributed by atoms with Crippen LogP contribution in [-0.2, 0) is 4.79 Å². The number of ether oxygens (including phenoxy) is 1. The SMILES string of the molecule is O=C(O)C1CCC(Nc2ccc(OC(F)F)cn2)CC1. The average Bonchev–Trinajstić information content (AvgIpc) is 2.41. The van der Waals surface area contributed by atoms with Gasteiger partial charge in [0.25, 0.3) is 0 Å². The van der Waals surface area contributed by atoms with Crippen molar-refractivity contribution in [3.63, 3.8) is 0 Å². The number of nitrogens with zero attached hydrogens (tertiary/aromatic N) is 1. The highest BCUT2D eigenvalue weighted by Gasteiger charge is 2.25. The average molecular weight is 286 g/mol. The van der Waals surface area contributed by atoms with E-state index in [1.807, 2.05) is 0 Å². The number of pyridine rings is 1. The second-order valence-electron chi connectivity index (χ2n) is 4.79. The lowest BCUT2D eigenvalue weighted by Gasteiger charge is -2.27. The Hall–Kier alpha value is -1.92. The van der Waals surface area contributed by atoms with Gasteiger partial charge in [0.05, 0.1) is 12.1 Å². The molecule has 1 saturated carbocycles. The first-order valence-electron chi connectivity index (χ1n) is 6.45. The molecule has 0 saturated heterocycles. The zero-order valence-corrected chi connectivity index (χ0v) is 10.8. The van der Waals surface area contributed by atoms with Gasteiger partial charge in [0, 0.05) is 6.04 Å². The van der Waals surface area contributed by atoms with Crippen LogP contribution in [0, 0.1) is 5.92 Å². The molecule has 5 nitrogen and oxygen atoms in total. The molecule has 1 aromatic heterocycles. The number of carbonyl (C=O) groups is 1. The number of aliphatic carboxylic acids is 1. The molecular weight excluding hydrogens is 270 g/mol. The van der Waals surface area contributed by atoms with Crippen molar-refractivity contribution in [1.82, 2.24) is 4.98 Å². The van der Waals surface area contributed by atoms with Gasteiger partial charge in [0.1, 0.15) is 11.6 Å². The van der Waals surface area contributed by atoms with Gasteiger partial charge in [0.15, 0.2) is 0 Å². The van der Waals surface area contributed by atoms with Crippen LogP contribution in [0.5, 0.6) is 5.75 Å². The smallest absolute Gasteiger partial charge is 0.387 e. The van der Waals surface area contributed by atoms with Crippen LogP contribution >= 0.6 is 0 Å². The van der Waals surface area contributed by atoms with Gasteiger partial charge in [-0.15, -0.1) is 0 Å². The van der Waals surface area contributed by atoms with Crippen LogP contribution in [-0.4, -0.2) is 28.7 Å². The summed E-state index contributed by atoms with van der Waals surface area (Å²) in [5.41, 5.74) is 0. The molecule has 7 heteroatoms. The van der Waals surface area contributed by atoms with Crippen LogP contribution in [0.3, 0.4) is 0 Å². The summed E-state index contributed by atoms with van der Waals surface area (Å²) in [4.78, 5) is 14.8. The Morgan fingerprint density at radius 3 is 2.55 bits per heavy atom. The van der Waals surface area contributed by atoms with Crippen LogP contribution < -0.4 is 10.1 Å². The van der Waals surface area contributed by atoms with Gasteiger partial charge in [0.2, 0.25) is 0 Å². The summed E-state index contributed by atoms with van der Waals surface area (Å²) < 4.78 is 28.2. The molecule has 0 aliphatic heterocycles. The van der Waals surface area contributed by atoms with E-state index in [1.54, 1.807) is 6.07 Å². The van der Waals surface area contributed by atoms with Crippen LogP contribution in [0.2, 0.25) is 0 Å². The molecule has 110 valence electrons. The Balaban J connectivity index is 1.83. The molecule has 2 N–H and O–H groups in total. The lowest BCUT2D eigenvalue weighted by molar-refractivity contribution is -0.142. The largest absolute Gasteiger partial charge is 0.481 e. The standard InChI is InChI=1S/C13H16F2N2O3/c14-13(15)20-10-5-6-11(16-7-10)17-9-3-1-8(2-4-9)12(18)19/h5-9,13H,1-4H2,(H,16,17)(H,18,19). The molecule has 0 aromatic carbocycles. The summed E-state index contributed by atoms with van der Waals surface area (Å²) in [5.74, 6) is -0.413. The summed E-state index contributed by atoms with van der Waals surface area (Å²) in [6, 6.07) is 3.16. The molecule has 1 aliphatic carbocycles. The summed E-state index contributed by atoms with van der Waals surface area (Å²) in [6.45, 7) is -2.86. The predicted molar refractivity (Wildman–Crippen MR) is 67.9 cm³/mol. The first kappa shape index (κ1) is 14.5. The number of aromatic nitrogens is 1. The Labute approximate surface area is 115 Å². The Bertz CT molecular complexity index is 445.